The highest BCUT2D eigenvalue weighted by molar-refractivity contribution is 5.88. The molecule has 0 fully saturated rings. The number of aromatic amines is 2. The van der Waals surface area contributed by atoms with Gasteiger partial charge in [-0.05, 0) is 85.1 Å². The van der Waals surface area contributed by atoms with E-state index in [0.717, 1.165) is 62.5 Å². The van der Waals surface area contributed by atoms with Crippen molar-refractivity contribution < 1.29 is 9.59 Å². The molecule has 0 saturated heterocycles. The molecule has 12 nitrogen and oxygen atoms in total. The standard InChI is InChI=1S/C77H122N8O4/c1-7-11-15-19-23-27-31-35-39-43-55-77(56-44-40-36-32-28-24-20-16-12-8-2)69-59-63(47-51-65-61(5)80-73(82-71(65)86)84-75(88)78-57-45-41-37-33-29-25-21-17-13-9-3)49-53-67(69)68-54-50-64(60-70(68)77)48-52-66-62(6)81-74(83-72(66)87)85-76(89)79-58-46-42-38-34-30-26-22-18-14-10-4/h47-54,59-60H,7-46,55-58H2,1-6H3,(H3,78,80,82,84,86,88)(H3,79,81,83,85,87,89). The molecule has 0 aliphatic heterocycles. The average Bonchev–Trinajstić information content (AvgIpc) is 1.60. The summed E-state index contributed by atoms with van der Waals surface area (Å²) in [5, 5.41) is 11.4. The van der Waals surface area contributed by atoms with Crippen LogP contribution in [0.2, 0.25) is 0 Å². The minimum absolute atomic E-state index is 0.137. The Labute approximate surface area is 539 Å². The van der Waals surface area contributed by atoms with E-state index in [9.17, 15) is 19.2 Å². The van der Waals surface area contributed by atoms with E-state index in [2.05, 4.69) is 105 Å². The number of anilines is 2. The predicted octanol–water partition coefficient (Wildman–Crippen LogP) is 21.8. The topological polar surface area (TPSA) is 174 Å². The van der Waals surface area contributed by atoms with Gasteiger partial charge in [-0.1, -0.05) is 320 Å². The largest absolute Gasteiger partial charge is 0.338 e. The second-order valence-corrected chi connectivity index (χ2v) is 26.2. The fraction of sp³-hybridized carbons (Fsp3) is 0.662. The quantitative estimate of drug-likeness (QED) is 0.0240. The zero-order valence-corrected chi connectivity index (χ0v) is 56.9. The number of carbonyl (C=O) groups excluding carboxylic acids is 2. The maximum atomic E-state index is 13.7. The van der Waals surface area contributed by atoms with Crippen LogP contribution in [0.15, 0.2) is 46.0 Å². The molecule has 89 heavy (non-hydrogen) atoms. The first-order chi connectivity index (χ1) is 43.5. The Bertz CT molecular complexity index is 2620. The number of benzene rings is 2. The lowest BCUT2D eigenvalue weighted by Crippen LogP contribution is -2.31. The van der Waals surface area contributed by atoms with Crippen LogP contribution >= 0.6 is 0 Å². The number of rotatable bonds is 50. The minimum Gasteiger partial charge on any atom is -0.338 e. The molecular weight excluding hydrogens is 1100 g/mol. The SMILES string of the molecule is CCCCCCCCCCCCNC(=O)Nc1nc(=O)c(C=Cc2ccc3c(c2)C(CCCCCCCCCCCC)(CCCCCCCCCCCC)c2cc(C=Cc4c(C)[nH]c(NC(=O)NCCCCCCCCCCCC)nc4=O)ccc2-3)c(C)[nH]1. The summed E-state index contributed by atoms with van der Waals surface area (Å²) in [6, 6.07) is 12.9. The van der Waals surface area contributed by atoms with Crippen molar-refractivity contribution in [3.8, 4) is 11.1 Å². The van der Waals surface area contributed by atoms with Crippen LogP contribution in [0.4, 0.5) is 21.5 Å². The molecule has 1 aliphatic rings. The maximum absolute atomic E-state index is 13.7. The molecule has 4 amide bonds. The Kier molecular flexibility index (Phi) is 37.1. The second-order valence-electron chi connectivity index (χ2n) is 26.2. The van der Waals surface area contributed by atoms with Crippen molar-refractivity contribution >= 4 is 48.3 Å². The van der Waals surface area contributed by atoms with Gasteiger partial charge in [-0.25, -0.2) is 9.59 Å². The highest BCUT2D eigenvalue weighted by Gasteiger charge is 2.42. The summed E-state index contributed by atoms with van der Waals surface area (Å²) < 4.78 is 0. The molecule has 6 N–H and O–H groups in total. The van der Waals surface area contributed by atoms with Gasteiger partial charge in [0.05, 0.1) is 11.1 Å². The van der Waals surface area contributed by atoms with E-state index in [1.165, 1.54) is 241 Å². The van der Waals surface area contributed by atoms with E-state index in [-0.39, 0.29) is 29.4 Å². The van der Waals surface area contributed by atoms with Gasteiger partial charge in [0.15, 0.2) is 0 Å². The first kappa shape index (κ1) is 74.0. The lowest BCUT2D eigenvalue weighted by molar-refractivity contribution is 0.251. The van der Waals surface area contributed by atoms with Gasteiger partial charge in [-0.15, -0.1) is 0 Å². The highest BCUT2D eigenvalue weighted by atomic mass is 16.2. The number of nitrogens with one attached hydrogen (secondary N) is 6. The lowest BCUT2D eigenvalue weighted by Gasteiger charge is -2.33. The Morgan fingerprint density at radius 3 is 0.966 bits per heavy atom. The molecule has 2 aromatic carbocycles. The van der Waals surface area contributed by atoms with Gasteiger partial charge < -0.3 is 20.6 Å². The van der Waals surface area contributed by atoms with Crippen LogP contribution in [-0.4, -0.2) is 45.1 Å². The fourth-order valence-electron chi connectivity index (χ4n) is 13.2. The molecule has 12 heteroatoms. The Morgan fingerprint density at radius 1 is 0.393 bits per heavy atom. The number of fused-ring (bicyclic) bond motifs is 3. The Balaban J connectivity index is 1.33. The van der Waals surface area contributed by atoms with Crippen molar-refractivity contribution in [2.24, 2.45) is 0 Å². The van der Waals surface area contributed by atoms with E-state index in [1.807, 2.05) is 38.2 Å². The predicted molar refractivity (Wildman–Crippen MR) is 380 cm³/mol. The Morgan fingerprint density at radius 2 is 0.674 bits per heavy atom. The first-order valence-corrected chi connectivity index (χ1v) is 36.5. The summed E-state index contributed by atoms with van der Waals surface area (Å²) in [5.74, 6) is 0.274. The number of amides is 4. The molecule has 494 valence electrons. The molecule has 4 aromatic rings. The van der Waals surface area contributed by atoms with Crippen LogP contribution in [0.25, 0.3) is 35.4 Å². The zero-order chi connectivity index (χ0) is 63.6. The molecule has 2 aromatic heterocycles. The van der Waals surface area contributed by atoms with Gasteiger partial charge in [0.2, 0.25) is 11.9 Å². The minimum atomic E-state index is -0.397. The number of hydrogen-bond donors (Lipinski definition) is 6. The van der Waals surface area contributed by atoms with Gasteiger partial charge in [0.25, 0.3) is 11.1 Å². The molecule has 1 aliphatic carbocycles. The fourth-order valence-corrected chi connectivity index (χ4v) is 13.2. The number of nitrogens with zero attached hydrogens (tertiary/aromatic N) is 2. The zero-order valence-electron chi connectivity index (χ0n) is 56.9. The van der Waals surface area contributed by atoms with Gasteiger partial charge in [0.1, 0.15) is 0 Å². The van der Waals surface area contributed by atoms with Crippen molar-refractivity contribution in [2.75, 3.05) is 23.7 Å². The summed E-state index contributed by atoms with van der Waals surface area (Å²) in [5.41, 5.74) is 8.42. The third kappa shape index (κ3) is 27.7. The van der Waals surface area contributed by atoms with Crippen molar-refractivity contribution in [1.29, 1.82) is 0 Å². The number of H-pyrrole nitrogens is 2. The van der Waals surface area contributed by atoms with Gasteiger partial charge in [-0.2, -0.15) is 9.97 Å². The van der Waals surface area contributed by atoms with Gasteiger partial charge in [-0.3, -0.25) is 20.2 Å². The van der Waals surface area contributed by atoms with Crippen molar-refractivity contribution in [1.82, 2.24) is 30.6 Å². The van der Waals surface area contributed by atoms with Crippen molar-refractivity contribution in [3.63, 3.8) is 0 Å². The number of carbonyl (C=O) groups is 2. The summed E-state index contributed by atoms with van der Waals surface area (Å²) >= 11 is 0. The first-order valence-electron chi connectivity index (χ1n) is 36.5. The number of aryl methyl sites for hydroxylation is 2. The lowest BCUT2D eigenvalue weighted by atomic mass is 9.70. The third-order valence-electron chi connectivity index (χ3n) is 18.6. The van der Waals surface area contributed by atoms with Gasteiger partial charge >= 0.3 is 12.1 Å². The monoisotopic (exact) mass is 1220 g/mol. The molecular formula is C77H122N8O4. The van der Waals surface area contributed by atoms with Crippen LogP contribution < -0.4 is 32.4 Å². The average molecular weight is 1220 g/mol. The van der Waals surface area contributed by atoms with Crippen LogP contribution in [0.5, 0.6) is 0 Å². The molecule has 0 spiro atoms. The summed E-state index contributed by atoms with van der Waals surface area (Å²) in [7, 11) is 0. The summed E-state index contributed by atoms with van der Waals surface area (Å²) in [6.07, 6.45) is 60.1. The van der Waals surface area contributed by atoms with Crippen LogP contribution in [0.1, 0.15) is 342 Å². The molecule has 0 radical (unpaired) electrons. The van der Waals surface area contributed by atoms with Crippen LogP contribution in [0, 0.1) is 13.8 Å². The molecule has 2 heterocycles. The third-order valence-corrected chi connectivity index (χ3v) is 18.6. The summed E-state index contributed by atoms with van der Waals surface area (Å²) in [4.78, 5) is 67.9. The van der Waals surface area contributed by atoms with E-state index in [1.54, 1.807) is 0 Å². The van der Waals surface area contributed by atoms with Crippen molar-refractivity contribution in [2.45, 2.75) is 317 Å². The number of urea groups is 2. The van der Waals surface area contributed by atoms with Crippen LogP contribution in [0.3, 0.4) is 0 Å². The van der Waals surface area contributed by atoms with E-state index in [0.29, 0.717) is 35.6 Å². The normalized spacial score (nSPS) is 12.5. The summed E-state index contributed by atoms with van der Waals surface area (Å²) in [6.45, 7) is 13.9. The molecule has 5 rings (SSSR count). The van der Waals surface area contributed by atoms with Crippen LogP contribution in [-0.2, 0) is 5.41 Å². The van der Waals surface area contributed by atoms with E-state index < -0.39 is 11.1 Å². The number of unbranched alkanes of at least 4 members (excludes halogenated alkanes) is 36. The molecule has 0 saturated carbocycles. The number of aromatic nitrogens is 4. The van der Waals surface area contributed by atoms with Crippen molar-refractivity contribution in [3.05, 3.63) is 102 Å². The maximum Gasteiger partial charge on any atom is 0.321 e. The molecule has 0 bridgehead atoms. The number of hydrogen-bond acceptors (Lipinski definition) is 6. The highest BCUT2D eigenvalue weighted by Crippen LogP contribution is 2.55. The molecule has 0 atom stereocenters. The Hall–Kier alpha value is -5.78. The van der Waals surface area contributed by atoms with E-state index in [4.69, 9.17) is 0 Å². The second kappa shape index (κ2) is 44.6. The molecule has 0 unspecified atom stereocenters. The van der Waals surface area contributed by atoms with E-state index >= 15 is 0 Å². The van der Waals surface area contributed by atoms with Gasteiger partial charge in [0, 0.05) is 29.9 Å². The smallest absolute Gasteiger partial charge is 0.321 e.